The molecule has 158 valence electrons. The third-order valence-electron chi connectivity index (χ3n) is 4.94. The van der Waals surface area contributed by atoms with Gasteiger partial charge in [0.15, 0.2) is 0 Å². The van der Waals surface area contributed by atoms with E-state index in [4.69, 9.17) is 0 Å². The molecular formula is C26H21N3O3. The monoisotopic (exact) mass is 423 g/mol. The van der Waals surface area contributed by atoms with Crippen LogP contribution in [0.4, 0.5) is 0 Å². The number of nitrogens with one attached hydrogen (secondary N) is 3. The summed E-state index contributed by atoms with van der Waals surface area (Å²) in [4.78, 5) is 38.2. The molecule has 3 amide bonds. The number of carbonyl (C=O) groups excluding carboxylic acids is 3. The van der Waals surface area contributed by atoms with E-state index in [0.29, 0.717) is 40.2 Å². The van der Waals surface area contributed by atoms with E-state index in [1.54, 1.807) is 78.9 Å². The van der Waals surface area contributed by atoms with E-state index in [0.717, 1.165) is 0 Å². The molecule has 3 N–H and O–H groups in total. The Bertz CT molecular complexity index is 1200. The molecule has 3 aromatic rings. The Balaban J connectivity index is 1.59. The van der Waals surface area contributed by atoms with E-state index in [-0.39, 0.29) is 17.7 Å². The summed E-state index contributed by atoms with van der Waals surface area (Å²) in [5, 5.41) is 8.56. The van der Waals surface area contributed by atoms with Crippen LogP contribution in [0.25, 0.3) is 0 Å². The molecule has 1 aliphatic carbocycles. The molecule has 0 unspecified atom stereocenters. The van der Waals surface area contributed by atoms with Crippen LogP contribution in [0.15, 0.2) is 114 Å². The normalized spacial score (nSPS) is 12.7. The van der Waals surface area contributed by atoms with Crippen molar-refractivity contribution < 1.29 is 14.4 Å². The van der Waals surface area contributed by atoms with Gasteiger partial charge in [0.1, 0.15) is 0 Å². The van der Waals surface area contributed by atoms with Gasteiger partial charge in [-0.3, -0.25) is 14.4 Å². The fourth-order valence-electron chi connectivity index (χ4n) is 3.30. The first-order chi connectivity index (χ1) is 15.6. The maximum Gasteiger partial charge on any atom is 0.255 e. The van der Waals surface area contributed by atoms with E-state index in [2.05, 4.69) is 16.0 Å². The molecule has 0 aliphatic heterocycles. The summed E-state index contributed by atoms with van der Waals surface area (Å²) in [5.74, 6) is -0.941. The minimum absolute atomic E-state index is 0.295. The van der Waals surface area contributed by atoms with E-state index >= 15 is 0 Å². The van der Waals surface area contributed by atoms with Gasteiger partial charge in [-0.15, -0.1) is 0 Å². The van der Waals surface area contributed by atoms with Crippen LogP contribution in [0.3, 0.4) is 0 Å². The lowest BCUT2D eigenvalue weighted by Crippen LogP contribution is -2.33. The van der Waals surface area contributed by atoms with Crippen LogP contribution < -0.4 is 16.0 Å². The summed E-state index contributed by atoms with van der Waals surface area (Å²) in [5.41, 5.74) is 2.76. The van der Waals surface area contributed by atoms with E-state index in [1.807, 2.05) is 18.2 Å². The number of carbonyl (C=O) groups is 3. The third-order valence-corrected chi connectivity index (χ3v) is 4.94. The fourth-order valence-corrected chi connectivity index (χ4v) is 3.30. The third kappa shape index (κ3) is 4.82. The van der Waals surface area contributed by atoms with Gasteiger partial charge in [0.25, 0.3) is 17.7 Å². The SMILES string of the molecule is O=C(NC1=CCC(NC(=O)c2ccccc2)=C1NC(=O)c1ccccc1)c1ccccc1. The second-order valence-electron chi connectivity index (χ2n) is 7.14. The highest BCUT2D eigenvalue weighted by molar-refractivity contribution is 5.99. The van der Waals surface area contributed by atoms with Gasteiger partial charge in [-0.25, -0.2) is 0 Å². The van der Waals surface area contributed by atoms with E-state index < -0.39 is 0 Å². The van der Waals surface area contributed by atoms with Crippen LogP contribution in [0.5, 0.6) is 0 Å². The summed E-state index contributed by atoms with van der Waals surface area (Å²) >= 11 is 0. The van der Waals surface area contributed by atoms with Crippen LogP contribution >= 0.6 is 0 Å². The predicted molar refractivity (Wildman–Crippen MR) is 121 cm³/mol. The zero-order valence-electron chi connectivity index (χ0n) is 17.2. The Morgan fingerprint density at radius 2 is 0.938 bits per heavy atom. The molecule has 0 spiro atoms. The van der Waals surface area contributed by atoms with Gasteiger partial charge in [-0.2, -0.15) is 0 Å². The van der Waals surface area contributed by atoms with E-state index in [1.165, 1.54) is 0 Å². The lowest BCUT2D eigenvalue weighted by Gasteiger charge is -2.15. The van der Waals surface area contributed by atoms with Crippen molar-refractivity contribution in [2.45, 2.75) is 6.42 Å². The minimum atomic E-state index is -0.339. The molecule has 4 rings (SSSR count). The molecule has 32 heavy (non-hydrogen) atoms. The summed E-state index contributed by atoms with van der Waals surface area (Å²) in [7, 11) is 0. The lowest BCUT2D eigenvalue weighted by atomic mass is 10.2. The van der Waals surface area contributed by atoms with Crippen LogP contribution in [-0.2, 0) is 0 Å². The Hall–Kier alpha value is -4.45. The molecule has 0 fully saturated rings. The number of hydrogen-bond donors (Lipinski definition) is 3. The van der Waals surface area contributed by atoms with Gasteiger partial charge >= 0.3 is 0 Å². The van der Waals surface area contributed by atoms with Crippen LogP contribution in [-0.4, -0.2) is 17.7 Å². The van der Waals surface area contributed by atoms with Crippen molar-refractivity contribution in [3.05, 3.63) is 131 Å². The van der Waals surface area contributed by atoms with Crippen molar-refractivity contribution in [3.8, 4) is 0 Å². The van der Waals surface area contributed by atoms with Gasteiger partial charge in [0.05, 0.1) is 11.4 Å². The minimum Gasteiger partial charge on any atom is -0.323 e. The highest BCUT2D eigenvalue weighted by Gasteiger charge is 2.24. The van der Waals surface area contributed by atoms with Gasteiger partial charge in [0, 0.05) is 28.8 Å². The van der Waals surface area contributed by atoms with Crippen molar-refractivity contribution in [3.63, 3.8) is 0 Å². The molecule has 0 heterocycles. The summed E-state index contributed by atoms with van der Waals surface area (Å²) in [6, 6.07) is 26.3. The zero-order chi connectivity index (χ0) is 22.3. The molecule has 6 heteroatoms. The van der Waals surface area contributed by atoms with Crippen LogP contribution in [0.1, 0.15) is 37.5 Å². The molecular weight excluding hydrogens is 402 g/mol. The van der Waals surface area contributed by atoms with Gasteiger partial charge in [-0.1, -0.05) is 60.7 Å². The van der Waals surface area contributed by atoms with Crippen LogP contribution in [0.2, 0.25) is 0 Å². The van der Waals surface area contributed by atoms with E-state index in [9.17, 15) is 14.4 Å². The molecule has 0 aromatic heterocycles. The number of amides is 3. The van der Waals surface area contributed by atoms with Crippen molar-refractivity contribution in [2.75, 3.05) is 0 Å². The quantitative estimate of drug-likeness (QED) is 0.564. The Morgan fingerprint density at radius 3 is 1.41 bits per heavy atom. The second-order valence-corrected chi connectivity index (χ2v) is 7.14. The molecule has 0 radical (unpaired) electrons. The highest BCUT2D eigenvalue weighted by Crippen LogP contribution is 2.22. The zero-order valence-corrected chi connectivity index (χ0v) is 17.2. The van der Waals surface area contributed by atoms with Crippen molar-refractivity contribution in [1.29, 1.82) is 0 Å². The molecule has 0 saturated carbocycles. The smallest absolute Gasteiger partial charge is 0.255 e. The Morgan fingerprint density at radius 1 is 0.531 bits per heavy atom. The Kier molecular flexibility index (Phi) is 6.22. The molecule has 0 atom stereocenters. The molecule has 6 nitrogen and oxygen atoms in total. The van der Waals surface area contributed by atoms with Crippen LogP contribution in [0, 0.1) is 0 Å². The van der Waals surface area contributed by atoms with Crippen molar-refractivity contribution >= 4 is 17.7 Å². The summed E-state index contributed by atoms with van der Waals surface area (Å²) in [6.45, 7) is 0. The van der Waals surface area contributed by atoms with Gasteiger partial charge in [0.2, 0.25) is 0 Å². The standard InChI is InChI=1S/C26H21N3O3/c30-24(18-10-4-1-5-11-18)27-21-16-17-22(28-25(31)19-12-6-2-7-13-19)23(21)29-26(32)20-14-8-3-9-15-20/h1-16H,17H2,(H,27,30)(H,28,31)(H,29,32). The van der Waals surface area contributed by atoms with Crippen molar-refractivity contribution in [1.82, 2.24) is 16.0 Å². The first-order valence-corrected chi connectivity index (χ1v) is 10.1. The molecule has 1 aliphatic rings. The number of hydrogen-bond acceptors (Lipinski definition) is 3. The van der Waals surface area contributed by atoms with Crippen molar-refractivity contribution in [2.24, 2.45) is 0 Å². The first kappa shape index (κ1) is 20.8. The lowest BCUT2D eigenvalue weighted by molar-refractivity contribution is 0.0944. The largest absolute Gasteiger partial charge is 0.323 e. The average molecular weight is 423 g/mol. The van der Waals surface area contributed by atoms with Gasteiger partial charge < -0.3 is 16.0 Å². The number of benzene rings is 3. The maximum atomic E-state index is 12.8. The predicted octanol–water partition coefficient (Wildman–Crippen LogP) is 3.78. The Labute approximate surface area is 185 Å². The summed E-state index contributed by atoms with van der Waals surface area (Å²) in [6.07, 6.45) is 2.12. The molecule has 0 bridgehead atoms. The average Bonchev–Trinajstić information content (AvgIpc) is 3.21. The number of rotatable bonds is 6. The molecule has 0 saturated heterocycles. The maximum absolute atomic E-state index is 12.8. The van der Waals surface area contributed by atoms with Gasteiger partial charge in [-0.05, 0) is 36.4 Å². The fraction of sp³-hybridized carbons (Fsp3) is 0.0385. The highest BCUT2D eigenvalue weighted by atomic mass is 16.2. The topological polar surface area (TPSA) is 87.3 Å². The number of allylic oxidation sites excluding steroid dienone is 1. The first-order valence-electron chi connectivity index (χ1n) is 10.1. The summed E-state index contributed by atoms with van der Waals surface area (Å²) < 4.78 is 0. The second kappa shape index (κ2) is 9.57. The molecule has 3 aromatic carbocycles.